The summed E-state index contributed by atoms with van der Waals surface area (Å²) in [6.45, 7) is 19.0. The Balaban J connectivity index is 0.809. The summed E-state index contributed by atoms with van der Waals surface area (Å²) in [4.78, 5) is 59.7. The van der Waals surface area contributed by atoms with Gasteiger partial charge < -0.3 is 33.9 Å². The summed E-state index contributed by atoms with van der Waals surface area (Å²) in [6, 6.07) is 11.9. The molecule has 4 fully saturated rings. The number of rotatable bonds is 23. The van der Waals surface area contributed by atoms with Gasteiger partial charge in [0.05, 0.1) is 48.8 Å². The largest absolute Gasteiger partial charge is 0.481 e. The van der Waals surface area contributed by atoms with E-state index in [2.05, 4.69) is 96.4 Å². The van der Waals surface area contributed by atoms with Gasteiger partial charge in [-0.1, -0.05) is 39.3 Å². The van der Waals surface area contributed by atoms with Gasteiger partial charge in [-0.25, -0.2) is 29.9 Å². The number of halogens is 3. The Morgan fingerprint density at radius 1 is 0.759 bits per heavy atom. The molecule has 7 aromatic rings. The summed E-state index contributed by atoms with van der Waals surface area (Å²) in [5.41, 5.74) is -0.833. The second-order valence-electron chi connectivity index (χ2n) is 26.4. The van der Waals surface area contributed by atoms with Crippen molar-refractivity contribution in [3.05, 3.63) is 85.2 Å². The molecule has 4 saturated heterocycles. The Labute approximate surface area is 504 Å². The molecule has 0 bridgehead atoms. The Bertz CT molecular complexity index is 3720. The number of carboxylic acid groups (broad SMARTS) is 1. The van der Waals surface area contributed by atoms with Crippen LogP contribution in [0, 0.1) is 28.1 Å². The first-order valence-electron chi connectivity index (χ1n) is 29.8. The van der Waals surface area contributed by atoms with E-state index >= 15 is 0 Å². The maximum Gasteiger partial charge on any atom is 0.451 e. The number of likely N-dealkylation sites (tertiary alicyclic amines) is 3. The average Bonchev–Trinajstić information content (AvgIpc) is 1.62. The van der Waals surface area contributed by atoms with Crippen LogP contribution in [0.25, 0.3) is 44.6 Å². The molecule has 23 nitrogen and oxygen atoms in total. The van der Waals surface area contributed by atoms with Gasteiger partial charge in [0.15, 0.2) is 0 Å². The van der Waals surface area contributed by atoms with Gasteiger partial charge in [-0.15, -0.1) is 0 Å². The highest BCUT2D eigenvalue weighted by molar-refractivity contribution is 6.76. The fourth-order valence-corrected chi connectivity index (χ4v) is 14.4. The molecule has 0 aromatic carbocycles. The number of piperidine rings is 2. The summed E-state index contributed by atoms with van der Waals surface area (Å²) in [5, 5.41) is 46.8. The number of nitrogens with zero attached hydrogens (tertiary/aromatic N) is 17. The molecule has 0 aliphatic carbocycles. The minimum atomic E-state index is -5.10. The minimum absolute atomic E-state index is 0.000438. The van der Waals surface area contributed by atoms with Crippen molar-refractivity contribution in [3.8, 4) is 34.7 Å². The van der Waals surface area contributed by atoms with Crippen LogP contribution in [0.4, 0.5) is 13.2 Å². The van der Waals surface area contributed by atoms with E-state index in [4.69, 9.17) is 19.7 Å². The van der Waals surface area contributed by atoms with Crippen LogP contribution in [0.5, 0.6) is 0 Å². The zero-order chi connectivity index (χ0) is 61.5. The molecule has 0 saturated carbocycles. The number of hydrogen-bond acceptors (Lipinski definition) is 17. The number of hydrogen-bond donors (Lipinski definition) is 2. The van der Waals surface area contributed by atoms with Crippen molar-refractivity contribution in [2.75, 3.05) is 65.6 Å². The normalized spacial score (nSPS) is 18.7. The smallest absolute Gasteiger partial charge is 0.451 e. The number of ether oxygens (including phenoxy) is 2. The van der Waals surface area contributed by atoms with Crippen molar-refractivity contribution in [3.63, 3.8) is 0 Å². The highest BCUT2D eigenvalue weighted by atomic mass is 28.3. The van der Waals surface area contributed by atoms with E-state index in [0.29, 0.717) is 73.9 Å². The highest BCUT2D eigenvalue weighted by Gasteiger charge is 2.63. The molecule has 7 aromatic heterocycles. The molecule has 1 atom stereocenters. The third kappa shape index (κ3) is 12.7. The van der Waals surface area contributed by atoms with Gasteiger partial charge in [0.2, 0.25) is 5.82 Å². The average molecular weight is 1230 g/mol. The quantitative estimate of drug-likeness (QED) is 0.0462. The van der Waals surface area contributed by atoms with Crippen LogP contribution in [0.1, 0.15) is 60.5 Å². The number of nitriles is 2. The van der Waals surface area contributed by atoms with Crippen LogP contribution in [-0.2, 0) is 51.4 Å². The van der Waals surface area contributed by atoms with Crippen LogP contribution in [0.3, 0.4) is 0 Å². The molecule has 4 aliphatic rings. The van der Waals surface area contributed by atoms with E-state index in [1.165, 1.54) is 23.6 Å². The van der Waals surface area contributed by atoms with Crippen molar-refractivity contribution >= 4 is 50.1 Å². The van der Waals surface area contributed by atoms with Gasteiger partial charge in [0.25, 0.3) is 5.91 Å². The first-order chi connectivity index (χ1) is 41.5. The molecule has 11 rings (SSSR count). The molecule has 4 aliphatic heterocycles. The summed E-state index contributed by atoms with van der Waals surface area (Å²) < 4.78 is 64.3. The van der Waals surface area contributed by atoms with E-state index in [9.17, 15) is 38.4 Å². The van der Waals surface area contributed by atoms with Crippen molar-refractivity contribution in [1.29, 1.82) is 10.5 Å². The second kappa shape index (κ2) is 24.3. The molecule has 1 unspecified atom stereocenters. The first-order valence-corrected chi connectivity index (χ1v) is 37.2. The van der Waals surface area contributed by atoms with Crippen molar-refractivity contribution < 1.29 is 37.3 Å². The van der Waals surface area contributed by atoms with Crippen LogP contribution < -0.4 is 5.32 Å². The number of aromatic nitrogens is 12. The van der Waals surface area contributed by atoms with Gasteiger partial charge >= 0.3 is 12.1 Å². The summed E-state index contributed by atoms with van der Waals surface area (Å²) in [6.07, 6.45) is 10.1. The third-order valence-electron chi connectivity index (χ3n) is 17.9. The number of carboxylic acids is 1. The number of carbonyl (C=O) groups is 2. The number of alkyl halides is 3. The van der Waals surface area contributed by atoms with Crippen molar-refractivity contribution in [2.45, 2.75) is 139 Å². The highest BCUT2D eigenvalue weighted by Crippen LogP contribution is 2.51. The van der Waals surface area contributed by atoms with Crippen molar-refractivity contribution in [2.24, 2.45) is 5.41 Å². The number of amides is 1. The first kappa shape index (κ1) is 61.3. The van der Waals surface area contributed by atoms with E-state index in [1.54, 1.807) is 23.3 Å². The Morgan fingerprint density at radius 3 is 1.83 bits per heavy atom. The predicted octanol–water partition coefficient (Wildman–Crippen LogP) is 7.56. The summed E-state index contributed by atoms with van der Waals surface area (Å²) in [7, 11) is -2.57. The van der Waals surface area contributed by atoms with Gasteiger partial charge in [0, 0.05) is 140 Å². The lowest BCUT2D eigenvalue weighted by Crippen LogP contribution is -2.73. The van der Waals surface area contributed by atoms with Gasteiger partial charge in [0.1, 0.15) is 59.6 Å². The SMILES string of the molecule is C[Si](C)(C)CCOCn1ccc2c(-c3cnn(C4(CC#N)CN(C5CCN(C(=O)c6cc(CC(C#N)(CC(=O)O)C7(n8cc(-c9ncnc%10c9ccn%10COCC[Si](C)(C)C)cn8)CN(C8CCNCC8)C7)nc(C(F)(F)F)n6)CC5)C4)c3)ncnc21. The predicted molar refractivity (Wildman–Crippen MR) is 321 cm³/mol. The summed E-state index contributed by atoms with van der Waals surface area (Å²) >= 11 is 0. The maximum atomic E-state index is 15.0. The van der Waals surface area contributed by atoms with Crippen LogP contribution >= 0.6 is 0 Å². The summed E-state index contributed by atoms with van der Waals surface area (Å²) in [5.74, 6) is -3.66. The topological polar surface area (TPSA) is 265 Å². The van der Waals surface area contributed by atoms with Crippen LogP contribution in [0.15, 0.2) is 68.0 Å². The fraction of sp³-hybridized carbons (Fsp3) is 0.559. The molecule has 11 heterocycles. The molecule has 1 amide bonds. The van der Waals surface area contributed by atoms with E-state index in [-0.39, 0.29) is 57.1 Å². The molecule has 460 valence electrons. The van der Waals surface area contributed by atoms with E-state index < -0.39 is 75.1 Å². The zero-order valence-electron chi connectivity index (χ0n) is 50.2. The molecule has 2 N–H and O–H groups in total. The Hall–Kier alpha value is -7.32. The van der Waals surface area contributed by atoms with E-state index in [0.717, 1.165) is 54.6 Å². The second-order valence-corrected chi connectivity index (χ2v) is 37.7. The molecule has 0 radical (unpaired) electrons. The molecule has 28 heteroatoms. The van der Waals surface area contributed by atoms with Crippen LogP contribution in [0.2, 0.25) is 51.4 Å². The van der Waals surface area contributed by atoms with E-state index in [1.807, 2.05) is 44.5 Å². The Kier molecular flexibility index (Phi) is 17.2. The number of carbonyl (C=O) groups excluding carboxylic acids is 1. The van der Waals surface area contributed by atoms with Gasteiger partial charge in [-0.3, -0.25) is 28.8 Å². The number of nitrogens with one attached hydrogen (secondary N) is 1. The standard InChI is InChI=1S/C59H75F3N18O5Si2/c1-86(2,3)23-21-84-39-75-19-11-46-50(66-37-68-52(46)75)41-28-70-79(30-41)57(13-14-63)33-77(34-57)45-9-17-74(18-10-45)54(83)48-25-43(72-55(73-48)59(60,61)62)26-56(32-64,27-49(81)82)58(35-78(36-58)44-7-15-65-16-8-44)80-31-42(29-71-80)51-47-12-20-76(53(47)69-38-67-51)40-85-22-24-87(4,5)6/h11-12,19-20,25,28-31,37-38,44-45,65H,7-10,13,15-18,21-24,26-27,33-36,39-40H2,1-6H3,(H,81,82). The molecular formula is C59H75F3N18O5Si2. The molecule has 0 spiro atoms. The lowest BCUT2D eigenvalue weighted by Gasteiger charge is -2.59. The minimum Gasteiger partial charge on any atom is -0.481 e. The number of fused-ring (bicyclic) bond motifs is 2. The van der Waals surface area contributed by atoms with Gasteiger partial charge in [-0.2, -0.15) is 33.9 Å². The number of aliphatic carboxylic acids is 1. The maximum absolute atomic E-state index is 15.0. The molecular weight excluding hydrogens is 1150 g/mol. The van der Waals surface area contributed by atoms with Gasteiger partial charge in [-0.05, 0) is 69.1 Å². The Morgan fingerprint density at radius 2 is 1.30 bits per heavy atom. The fourth-order valence-electron chi connectivity index (χ4n) is 12.9. The lowest BCUT2D eigenvalue weighted by atomic mass is 9.61. The monoisotopic (exact) mass is 1230 g/mol. The van der Waals surface area contributed by atoms with Crippen molar-refractivity contribution in [1.82, 2.24) is 78.6 Å². The zero-order valence-corrected chi connectivity index (χ0v) is 52.2. The lowest BCUT2D eigenvalue weighted by molar-refractivity contribution is -0.148. The molecule has 87 heavy (non-hydrogen) atoms. The third-order valence-corrected chi connectivity index (χ3v) is 21.3. The van der Waals surface area contributed by atoms with Crippen LogP contribution in [-0.4, -0.2) is 184 Å².